The van der Waals surface area contributed by atoms with Gasteiger partial charge in [-0.3, -0.25) is 0 Å². The Morgan fingerprint density at radius 3 is 1.68 bits per heavy atom. The fourth-order valence-corrected chi connectivity index (χ4v) is 11.0. The van der Waals surface area contributed by atoms with Crippen molar-refractivity contribution in [2.45, 2.75) is 38.5 Å². The van der Waals surface area contributed by atoms with Gasteiger partial charge in [-0.1, -0.05) is 179 Å². The molecule has 12 rings (SSSR count). The predicted molar refractivity (Wildman–Crippen MR) is 261 cm³/mol. The largest absolute Gasteiger partial charge is 0.310 e. The van der Waals surface area contributed by atoms with Gasteiger partial charge in [0.1, 0.15) is 0 Å². The average Bonchev–Trinajstić information content (AvgIpc) is 3.87. The highest BCUT2D eigenvalue weighted by Gasteiger charge is 2.39. The van der Waals surface area contributed by atoms with E-state index in [0.717, 1.165) is 17.1 Å². The molecule has 1 heterocycles. The molecule has 0 amide bonds. The van der Waals surface area contributed by atoms with Gasteiger partial charge < -0.3 is 9.47 Å². The number of hydrogen-bond acceptors (Lipinski definition) is 1. The van der Waals surface area contributed by atoms with Crippen LogP contribution in [-0.4, -0.2) is 4.57 Å². The zero-order valence-corrected chi connectivity index (χ0v) is 35.5. The summed E-state index contributed by atoms with van der Waals surface area (Å²) in [4.78, 5) is 2.49. The Labute approximate surface area is 364 Å². The van der Waals surface area contributed by atoms with Crippen molar-refractivity contribution in [1.82, 2.24) is 4.57 Å². The molecule has 0 saturated heterocycles. The van der Waals surface area contributed by atoms with Crippen LogP contribution in [0.25, 0.3) is 72.0 Å². The Kier molecular flexibility index (Phi) is 7.96. The molecule has 0 radical (unpaired) electrons. The summed E-state index contributed by atoms with van der Waals surface area (Å²) in [6.45, 7) is 9.45. The molecule has 2 heteroatoms. The van der Waals surface area contributed by atoms with E-state index in [1.807, 2.05) is 0 Å². The predicted octanol–water partition coefficient (Wildman–Crippen LogP) is 16.2. The Morgan fingerprint density at radius 1 is 0.355 bits per heavy atom. The highest BCUT2D eigenvalue weighted by Crippen LogP contribution is 2.55. The normalized spacial score (nSPS) is 14.1. The van der Waals surface area contributed by atoms with Crippen molar-refractivity contribution in [1.29, 1.82) is 0 Å². The minimum Gasteiger partial charge on any atom is -0.310 e. The number of hydrogen-bond donors (Lipinski definition) is 0. The molecule has 0 N–H and O–H groups in total. The maximum absolute atomic E-state index is 2.49. The summed E-state index contributed by atoms with van der Waals surface area (Å²) in [6.07, 6.45) is 0. The van der Waals surface area contributed by atoms with Gasteiger partial charge in [0.15, 0.2) is 0 Å². The molecule has 0 fully saturated rings. The van der Waals surface area contributed by atoms with Gasteiger partial charge in [0.25, 0.3) is 0 Å². The van der Waals surface area contributed by atoms with Gasteiger partial charge in [-0.05, 0) is 116 Å². The number of rotatable bonds is 6. The SMILES string of the molecule is CC1(C)c2ccccc2-c2c(-c3cccc(N(c4ccc(-c5ccc6c7ccccc7n(-c7ccccc7)c6c5)cc4)c4cccc5c4-c4ccccc4C5(C)C)c3)cccc21. The lowest BCUT2D eigenvalue weighted by atomic mass is 9.82. The molecule has 0 aliphatic heterocycles. The maximum atomic E-state index is 2.49. The van der Waals surface area contributed by atoms with E-state index in [1.165, 1.54) is 94.3 Å². The topological polar surface area (TPSA) is 8.17 Å². The second kappa shape index (κ2) is 13.5. The Morgan fingerprint density at radius 2 is 0.919 bits per heavy atom. The second-order valence-electron chi connectivity index (χ2n) is 18.1. The summed E-state index contributed by atoms with van der Waals surface area (Å²) in [5, 5.41) is 2.52. The van der Waals surface area contributed by atoms with Crippen molar-refractivity contribution in [3.05, 3.63) is 229 Å². The van der Waals surface area contributed by atoms with Crippen molar-refractivity contribution >= 4 is 38.9 Å². The smallest absolute Gasteiger partial charge is 0.0547 e. The first kappa shape index (κ1) is 36.4. The standard InChI is InChI=1S/C60H46N2/c1-59(2)50-25-11-8-22-48(50)57-45(24-15-27-52(57)59)41-17-14-20-44(37-41)61(55-30-16-28-53-58(55)49-23-9-12-26-51(49)60(53,3)4)43-34-31-39(32-35-43)40-33-36-47-46-21-10-13-29-54(46)62(56(47)38-40)42-18-6-5-7-19-42/h5-38H,1-4H3. The van der Waals surface area contributed by atoms with Crippen LogP contribution in [0.15, 0.2) is 206 Å². The Bertz CT molecular complexity index is 3400. The number of aromatic nitrogens is 1. The molecule has 0 saturated carbocycles. The van der Waals surface area contributed by atoms with E-state index in [0.29, 0.717) is 0 Å². The maximum Gasteiger partial charge on any atom is 0.0547 e. The molecule has 2 aliphatic rings. The lowest BCUT2D eigenvalue weighted by molar-refractivity contribution is 0.660. The molecule has 296 valence electrons. The Balaban J connectivity index is 1.03. The quantitative estimate of drug-likeness (QED) is 0.163. The van der Waals surface area contributed by atoms with Crippen LogP contribution < -0.4 is 4.90 Å². The molecule has 0 atom stereocenters. The molecule has 2 aliphatic carbocycles. The van der Waals surface area contributed by atoms with Crippen LogP contribution in [0.1, 0.15) is 49.9 Å². The molecule has 0 bridgehead atoms. The van der Waals surface area contributed by atoms with Crippen molar-refractivity contribution in [2.24, 2.45) is 0 Å². The van der Waals surface area contributed by atoms with Gasteiger partial charge >= 0.3 is 0 Å². The Hall–Kier alpha value is -7.42. The summed E-state index contributed by atoms with van der Waals surface area (Å²) < 4.78 is 2.40. The van der Waals surface area contributed by atoms with Crippen LogP contribution in [0.4, 0.5) is 17.1 Å². The van der Waals surface area contributed by atoms with Gasteiger partial charge in [-0.15, -0.1) is 0 Å². The van der Waals surface area contributed by atoms with Crippen LogP contribution in [0.5, 0.6) is 0 Å². The van der Waals surface area contributed by atoms with Crippen molar-refractivity contribution in [3.63, 3.8) is 0 Å². The van der Waals surface area contributed by atoms with E-state index in [2.05, 4.69) is 243 Å². The van der Waals surface area contributed by atoms with E-state index < -0.39 is 0 Å². The fraction of sp³-hybridized carbons (Fsp3) is 0.100. The van der Waals surface area contributed by atoms with E-state index in [4.69, 9.17) is 0 Å². The molecule has 1 aromatic heterocycles. The summed E-state index contributed by atoms with van der Waals surface area (Å²) >= 11 is 0. The molecule has 0 spiro atoms. The van der Waals surface area contributed by atoms with E-state index in [1.54, 1.807) is 0 Å². The van der Waals surface area contributed by atoms with E-state index in [-0.39, 0.29) is 10.8 Å². The summed E-state index contributed by atoms with van der Waals surface area (Å²) in [7, 11) is 0. The van der Waals surface area contributed by atoms with Gasteiger partial charge in [0.2, 0.25) is 0 Å². The van der Waals surface area contributed by atoms with Crippen molar-refractivity contribution < 1.29 is 0 Å². The first-order chi connectivity index (χ1) is 30.3. The third kappa shape index (κ3) is 5.29. The van der Waals surface area contributed by atoms with Gasteiger partial charge in [-0.25, -0.2) is 0 Å². The highest BCUT2D eigenvalue weighted by atomic mass is 15.1. The molecule has 2 nitrogen and oxygen atoms in total. The number of benzene rings is 9. The molecule has 10 aromatic rings. The summed E-state index contributed by atoms with van der Waals surface area (Å²) in [5.41, 5.74) is 22.5. The van der Waals surface area contributed by atoms with E-state index >= 15 is 0 Å². The van der Waals surface area contributed by atoms with Crippen LogP contribution in [0.2, 0.25) is 0 Å². The summed E-state index contributed by atoms with van der Waals surface area (Å²) in [6, 6.07) is 76.5. The van der Waals surface area contributed by atoms with E-state index in [9.17, 15) is 0 Å². The molecule has 62 heavy (non-hydrogen) atoms. The number of para-hydroxylation sites is 2. The third-order valence-electron chi connectivity index (χ3n) is 14.0. The van der Waals surface area contributed by atoms with Gasteiger partial charge in [0.05, 0.1) is 16.7 Å². The first-order valence-corrected chi connectivity index (χ1v) is 21.9. The average molecular weight is 795 g/mol. The van der Waals surface area contributed by atoms with Gasteiger partial charge in [-0.2, -0.15) is 0 Å². The zero-order chi connectivity index (χ0) is 41.7. The second-order valence-corrected chi connectivity index (χ2v) is 18.1. The van der Waals surface area contributed by atoms with Crippen molar-refractivity contribution in [3.8, 4) is 50.2 Å². The van der Waals surface area contributed by atoms with Crippen molar-refractivity contribution in [2.75, 3.05) is 4.90 Å². The number of anilines is 3. The van der Waals surface area contributed by atoms with Crippen LogP contribution in [-0.2, 0) is 10.8 Å². The van der Waals surface area contributed by atoms with Crippen LogP contribution in [0, 0.1) is 0 Å². The lowest BCUT2D eigenvalue weighted by Gasteiger charge is -2.29. The van der Waals surface area contributed by atoms with Gasteiger partial charge in [0, 0.05) is 44.2 Å². The number of nitrogens with zero attached hydrogens (tertiary/aromatic N) is 2. The monoisotopic (exact) mass is 794 g/mol. The van der Waals surface area contributed by atoms with Crippen LogP contribution >= 0.6 is 0 Å². The fourth-order valence-electron chi connectivity index (χ4n) is 11.0. The summed E-state index contributed by atoms with van der Waals surface area (Å²) in [5.74, 6) is 0. The minimum absolute atomic E-state index is 0.0687. The zero-order valence-electron chi connectivity index (χ0n) is 35.5. The number of fused-ring (bicyclic) bond motifs is 9. The molecule has 9 aromatic carbocycles. The molecule has 0 unspecified atom stereocenters. The third-order valence-corrected chi connectivity index (χ3v) is 14.0. The first-order valence-electron chi connectivity index (χ1n) is 21.9. The lowest BCUT2D eigenvalue weighted by Crippen LogP contribution is -2.16. The highest BCUT2D eigenvalue weighted by molar-refractivity contribution is 6.10. The molecular weight excluding hydrogens is 749 g/mol. The molecular formula is C60H46N2. The van der Waals surface area contributed by atoms with Crippen LogP contribution in [0.3, 0.4) is 0 Å². The minimum atomic E-state index is -0.120.